The predicted octanol–water partition coefficient (Wildman–Crippen LogP) is 3.54. The highest BCUT2D eigenvalue weighted by atomic mass is 32.2. The lowest BCUT2D eigenvalue weighted by molar-refractivity contribution is -0.890. The zero-order valence-corrected chi connectivity index (χ0v) is 23.5. The standard InChI is InChI=1S/C24H34N2O7S3/c1-23(18-25,12-11-20(27)28)17-24(2,35-21(34)19-9-6-5-7-10-19)22(29)33-15-14-26(3,4)13-8-16-36(30,31)32/h5-7,9-10H,8,11-17H2,1-4H3,(H-,27,28,30,31,32)/p+1. The number of carboxylic acids is 1. The van der Waals surface area contributed by atoms with E-state index in [2.05, 4.69) is 6.07 Å². The minimum atomic E-state index is -4.04. The molecule has 2 unspecified atom stereocenters. The van der Waals surface area contributed by atoms with E-state index in [9.17, 15) is 23.3 Å². The van der Waals surface area contributed by atoms with E-state index < -0.39 is 32.2 Å². The van der Waals surface area contributed by atoms with Crippen molar-refractivity contribution in [3.63, 3.8) is 0 Å². The zero-order valence-electron chi connectivity index (χ0n) is 21.1. The minimum Gasteiger partial charge on any atom is -0.481 e. The molecule has 0 aliphatic heterocycles. The smallest absolute Gasteiger partial charge is 0.322 e. The number of carbonyl (C=O) groups excluding carboxylic acids is 1. The Balaban J connectivity index is 2.99. The first kappa shape index (κ1) is 32.0. The molecule has 0 aliphatic rings. The van der Waals surface area contributed by atoms with Crippen molar-refractivity contribution in [2.75, 3.05) is 39.5 Å². The Morgan fingerprint density at radius 2 is 1.81 bits per heavy atom. The van der Waals surface area contributed by atoms with Crippen LogP contribution in [0.4, 0.5) is 0 Å². The van der Waals surface area contributed by atoms with Crippen LogP contribution in [0, 0.1) is 16.7 Å². The Morgan fingerprint density at radius 1 is 1.19 bits per heavy atom. The number of esters is 1. The molecule has 200 valence electrons. The molecule has 2 N–H and O–H groups in total. The Morgan fingerprint density at radius 3 is 2.33 bits per heavy atom. The minimum absolute atomic E-state index is 0.0346. The summed E-state index contributed by atoms with van der Waals surface area (Å²) in [6, 6.07) is 11.3. The molecule has 0 aliphatic carbocycles. The summed E-state index contributed by atoms with van der Waals surface area (Å²) in [6.07, 6.45) is 0.145. The molecule has 9 nitrogen and oxygen atoms in total. The fourth-order valence-corrected chi connectivity index (χ4v) is 6.00. The van der Waals surface area contributed by atoms with Gasteiger partial charge in [-0.15, -0.1) is 0 Å². The second kappa shape index (κ2) is 13.5. The van der Waals surface area contributed by atoms with Crippen molar-refractivity contribution < 1.29 is 36.9 Å². The predicted molar refractivity (Wildman–Crippen MR) is 143 cm³/mol. The molecule has 0 spiro atoms. The maximum absolute atomic E-state index is 13.3. The summed E-state index contributed by atoms with van der Waals surface area (Å²) in [6.45, 7) is 4.17. The Hall–Kier alpha value is -2.04. The lowest BCUT2D eigenvalue weighted by Gasteiger charge is -2.34. The van der Waals surface area contributed by atoms with E-state index in [1.54, 1.807) is 13.8 Å². The molecule has 0 fully saturated rings. The number of likely N-dealkylation sites (N-methyl/N-ethyl adjacent to an activating group) is 1. The van der Waals surface area contributed by atoms with Crippen LogP contribution in [-0.2, 0) is 24.4 Å². The van der Waals surface area contributed by atoms with Crippen LogP contribution in [0.3, 0.4) is 0 Å². The molecule has 0 saturated carbocycles. The van der Waals surface area contributed by atoms with Crippen molar-refractivity contribution in [2.45, 2.75) is 44.3 Å². The zero-order chi connectivity index (χ0) is 27.6. The first-order valence-corrected chi connectivity index (χ1v) is 14.2. The quantitative estimate of drug-likeness (QED) is 0.142. The van der Waals surface area contributed by atoms with E-state index in [4.69, 9.17) is 26.6 Å². The Bertz CT molecular complexity index is 1070. The molecule has 1 aromatic carbocycles. The number of nitrogens with zero attached hydrogens (tertiary/aromatic N) is 2. The van der Waals surface area contributed by atoms with E-state index in [1.807, 2.05) is 44.4 Å². The van der Waals surface area contributed by atoms with Gasteiger partial charge >= 0.3 is 11.9 Å². The van der Waals surface area contributed by atoms with Gasteiger partial charge in [0.05, 0.1) is 42.1 Å². The number of quaternary nitrogens is 1. The van der Waals surface area contributed by atoms with Gasteiger partial charge in [-0.3, -0.25) is 14.1 Å². The highest BCUT2D eigenvalue weighted by molar-refractivity contribution is 8.25. The number of aliphatic carboxylic acids is 1. The fraction of sp³-hybridized carbons (Fsp3) is 0.583. The first-order valence-electron chi connectivity index (χ1n) is 11.4. The first-order chi connectivity index (χ1) is 16.5. The largest absolute Gasteiger partial charge is 0.481 e. The van der Waals surface area contributed by atoms with Crippen molar-refractivity contribution >= 4 is 50.2 Å². The van der Waals surface area contributed by atoms with Gasteiger partial charge < -0.3 is 14.3 Å². The van der Waals surface area contributed by atoms with Crippen molar-refractivity contribution in [2.24, 2.45) is 5.41 Å². The van der Waals surface area contributed by atoms with Gasteiger partial charge in [0.25, 0.3) is 10.1 Å². The highest BCUT2D eigenvalue weighted by Crippen LogP contribution is 2.42. The van der Waals surface area contributed by atoms with Crippen molar-refractivity contribution in [3.8, 4) is 6.07 Å². The molecule has 36 heavy (non-hydrogen) atoms. The number of ether oxygens (including phenoxy) is 1. The van der Waals surface area contributed by atoms with Crippen molar-refractivity contribution in [1.82, 2.24) is 0 Å². The molecule has 0 radical (unpaired) electrons. The fourth-order valence-electron chi connectivity index (χ4n) is 3.62. The summed E-state index contributed by atoms with van der Waals surface area (Å²) in [5.74, 6) is -1.94. The topological polar surface area (TPSA) is 142 Å². The third-order valence-corrected chi connectivity index (χ3v) is 8.22. The maximum atomic E-state index is 13.3. The molecular formula is C24H35N2O7S3+. The van der Waals surface area contributed by atoms with Gasteiger partial charge in [-0.1, -0.05) is 54.3 Å². The third-order valence-electron chi connectivity index (χ3n) is 5.74. The maximum Gasteiger partial charge on any atom is 0.322 e. The summed E-state index contributed by atoms with van der Waals surface area (Å²) in [4.78, 5) is 24.5. The molecular weight excluding hydrogens is 524 g/mol. The summed E-state index contributed by atoms with van der Waals surface area (Å²) in [5.41, 5.74) is -0.353. The molecule has 0 heterocycles. The number of nitriles is 1. The lowest BCUT2D eigenvalue weighted by Crippen LogP contribution is -2.45. The van der Waals surface area contributed by atoms with Gasteiger partial charge in [-0.25, -0.2) is 0 Å². The highest BCUT2D eigenvalue weighted by Gasteiger charge is 2.44. The summed E-state index contributed by atoms with van der Waals surface area (Å²) < 4.78 is 36.0. The molecule has 0 amide bonds. The van der Waals surface area contributed by atoms with Crippen molar-refractivity contribution in [3.05, 3.63) is 35.9 Å². The Labute approximate surface area is 223 Å². The van der Waals surface area contributed by atoms with Crippen LogP contribution in [0.5, 0.6) is 0 Å². The second-order valence-corrected chi connectivity index (χ2v) is 13.6. The van der Waals surface area contributed by atoms with Gasteiger partial charge in [-0.2, -0.15) is 13.7 Å². The monoisotopic (exact) mass is 559 g/mol. The molecule has 1 aromatic rings. The Kier molecular flexibility index (Phi) is 12.0. The summed E-state index contributed by atoms with van der Waals surface area (Å²) >= 11 is 6.69. The normalized spacial score (nSPS) is 15.2. The number of carbonyl (C=O) groups is 2. The molecule has 0 saturated heterocycles. The van der Waals surface area contributed by atoms with Gasteiger partial charge in [0.15, 0.2) is 0 Å². The van der Waals surface area contributed by atoms with Crippen LogP contribution in [0.25, 0.3) is 0 Å². The van der Waals surface area contributed by atoms with Crippen LogP contribution in [0.2, 0.25) is 0 Å². The van der Waals surface area contributed by atoms with E-state index in [0.717, 1.165) is 17.3 Å². The van der Waals surface area contributed by atoms with Gasteiger partial charge in [0.1, 0.15) is 17.9 Å². The van der Waals surface area contributed by atoms with E-state index >= 15 is 0 Å². The average Bonchev–Trinajstić information content (AvgIpc) is 2.77. The number of carboxylic acid groups (broad SMARTS) is 1. The second-order valence-electron chi connectivity index (χ2n) is 9.89. The average molecular weight is 560 g/mol. The van der Waals surface area contributed by atoms with Gasteiger partial charge in [0.2, 0.25) is 0 Å². The van der Waals surface area contributed by atoms with E-state index in [1.165, 1.54) is 0 Å². The molecule has 12 heteroatoms. The van der Waals surface area contributed by atoms with Crippen LogP contribution in [0.15, 0.2) is 30.3 Å². The molecule has 1 rings (SSSR count). The van der Waals surface area contributed by atoms with Crippen LogP contribution >= 0.6 is 24.0 Å². The van der Waals surface area contributed by atoms with Crippen LogP contribution in [-0.4, -0.2) is 83.0 Å². The third kappa shape index (κ3) is 11.8. The number of hydrogen-bond acceptors (Lipinski definition) is 8. The van der Waals surface area contributed by atoms with Crippen LogP contribution in [0.1, 0.15) is 45.1 Å². The number of thioether (sulfide) groups is 1. The number of rotatable bonds is 15. The van der Waals surface area contributed by atoms with E-state index in [-0.39, 0.29) is 38.0 Å². The van der Waals surface area contributed by atoms with Crippen molar-refractivity contribution in [1.29, 1.82) is 5.26 Å². The molecule has 2 atom stereocenters. The lowest BCUT2D eigenvalue weighted by atomic mass is 9.78. The van der Waals surface area contributed by atoms with Gasteiger partial charge in [-0.05, 0) is 32.3 Å². The van der Waals surface area contributed by atoms with E-state index in [0.29, 0.717) is 21.8 Å². The number of hydrogen-bond donors (Lipinski definition) is 2. The van der Waals surface area contributed by atoms with Crippen LogP contribution < -0.4 is 0 Å². The SMILES string of the molecule is CC(C#N)(CCC(=O)O)CC(C)(SC(=S)c1ccccc1)C(=O)OCC[N+](C)(C)CCCS(=O)(=O)O. The summed E-state index contributed by atoms with van der Waals surface area (Å²) in [7, 11) is -0.326. The molecule has 0 bridgehead atoms. The molecule has 0 aromatic heterocycles. The van der Waals surface area contributed by atoms with Gasteiger partial charge in [0, 0.05) is 12.8 Å². The number of benzene rings is 1. The number of thiocarbonyl (C=S) groups is 1. The summed E-state index contributed by atoms with van der Waals surface area (Å²) in [5, 5.41) is 18.9.